The van der Waals surface area contributed by atoms with Crippen molar-refractivity contribution in [2.24, 2.45) is 0 Å². The molecule has 0 saturated heterocycles. The molecule has 0 aliphatic rings. The molecule has 96 valence electrons. The zero-order chi connectivity index (χ0) is 14.1. The van der Waals surface area contributed by atoms with Crippen LogP contribution in [-0.4, -0.2) is 0 Å². The molecule has 0 spiro atoms. The van der Waals surface area contributed by atoms with Crippen LogP contribution in [0.2, 0.25) is 0 Å². The molecule has 0 saturated carbocycles. The second kappa shape index (κ2) is 6.56. The molecule has 0 aliphatic carbocycles. The number of nitriles is 1. The Bertz CT molecular complexity index is 892. The molecule has 0 aliphatic heterocycles. The van der Waals surface area contributed by atoms with Crippen LogP contribution in [0.5, 0.6) is 5.75 Å². The Morgan fingerprint density at radius 2 is 1.71 bits per heavy atom. The molecule has 21 heavy (non-hydrogen) atoms. The SMILES string of the molecule is N#Cc1ccc(-c2oc3ccccc3c(=O)c2[O-])cc1.[K+]. The Morgan fingerprint density at radius 3 is 2.38 bits per heavy atom. The molecule has 0 radical (unpaired) electrons. The van der Waals surface area contributed by atoms with Crippen LogP contribution < -0.4 is 61.9 Å². The van der Waals surface area contributed by atoms with Crippen LogP contribution in [0, 0.1) is 11.3 Å². The summed E-state index contributed by atoms with van der Waals surface area (Å²) < 4.78 is 5.54. The van der Waals surface area contributed by atoms with Gasteiger partial charge in [-0.1, -0.05) is 12.1 Å². The Kier molecular flexibility index (Phi) is 4.98. The van der Waals surface area contributed by atoms with Gasteiger partial charge >= 0.3 is 51.4 Å². The van der Waals surface area contributed by atoms with Gasteiger partial charge in [0, 0.05) is 5.56 Å². The summed E-state index contributed by atoms with van der Waals surface area (Å²) in [5.74, 6) is -0.674. The topological polar surface area (TPSA) is 77.1 Å². The van der Waals surface area contributed by atoms with Crippen LogP contribution in [0.3, 0.4) is 0 Å². The molecular formula is C16H8KNO3. The van der Waals surface area contributed by atoms with Crippen LogP contribution in [0.1, 0.15) is 5.56 Å². The minimum absolute atomic E-state index is 0. The number of rotatable bonds is 1. The van der Waals surface area contributed by atoms with E-state index in [0.29, 0.717) is 16.7 Å². The van der Waals surface area contributed by atoms with Gasteiger partial charge in [0.15, 0.2) is 5.43 Å². The van der Waals surface area contributed by atoms with E-state index in [1.54, 1.807) is 48.5 Å². The molecular weight excluding hydrogens is 293 g/mol. The predicted molar refractivity (Wildman–Crippen MR) is 72.1 cm³/mol. The average molecular weight is 301 g/mol. The van der Waals surface area contributed by atoms with E-state index in [1.807, 2.05) is 6.07 Å². The molecule has 4 nitrogen and oxygen atoms in total. The van der Waals surface area contributed by atoms with E-state index < -0.39 is 11.2 Å². The zero-order valence-electron chi connectivity index (χ0n) is 11.3. The summed E-state index contributed by atoms with van der Waals surface area (Å²) in [6.07, 6.45) is 0. The van der Waals surface area contributed by atoms with Gasteiger partial charge in [0.1, 0.15) is 11.3 Å². The van der Waals surface area contributed by atoms with E-state index in [1.165, 1.54) is 0 Å². The summed E-state index contributed by atoms with van der Waals surface area (Å²) in [7, 11) is 0. The molecule has 0 atom stereocenters. The molecule has 1 aromatic heterocycles. The Morgan fingerprint density at radius 1 is 1.05 bits per heavy atom. The second-order valence-electron chi connectivity index (χ2n) is 4.27. The summed E-state index contributed by atoms with van der Waals surface area (Å²) in [6, 6.07) is 14.9. The van der Waals surface area contributed by atoms with Crippen LogP contribution in [0.15, 0.2) is 57.7 Å². The van der Waals surface area contributed by atoms with E-state index in [2.05, 4.69) is 0 Å². The van der Waals surface area contributed by atoms with E-state index in [4.69, 9.17) is 9.68 Å². The Labute approximate surface area is 163 Å². The first-order chi connectivity index (χ1) is 9.70. The summed E-state index contributed by atoms with van der Waals surface area (Å²) >= 11 is 0. The maximum atomic E-state index is 12.1. The quantitative estimate of drug-likeness (QED) is 0.563. The fourth-order valence-electron chi connectivity index (χ4n) is 2.01. The molecule has 0 N–H and O–H groups in total. The van der Waals surface area contributed by atoms with Crippen molar-refractivity contribution in [3.8, 4) is 23.1 Å². The smallest absolute Gasteiger partial charge is 0.867 e. The molecule has 5 heteroatoms. The van der Waals surface area contributed by atoms with Crippen LogP contribution >= 0.6 is 0 Å². The first-order valence-electron chi connectivity index (χ1n) is 5.94. The third kappa shape index (κ3) is 2.95. The second-order valence-corrected chi connectivity index (χ2v) is 4.27. The number of fused-ring (bicyclic) bond motifs is 1. The Hall–Kier alpha value is -1.42. The van der Waals surface area contributed by atoms with Crippen molar-refractivity contribution in [1.82, 2.24) is 0 Å². The van der Waals surface area contributed by atoms with Crippen LogP contribution in [0.25, 0.3) is 22.3 Å². The van der Waals surface area contributed by atoms with Crippen molar-refractivity contribution < 1.29 is 60.9 Å². The Balaban J connectivity index is 0.00000161. The number of para-hydroxylation sites is 1. The number of hydrogen-bond acceptors (Lipinski definition) is 4. The molecule has 0 unspecified atom stereocenters. The molecule has 2 aromatic carbocycles. The van der Waals surface area contributed by atoms with Gasteiger partial charge in [0.2, 0.25) is 0 Å². The molecule has 3 aromatic rings. The van der Waals surface area contributed by atoms with Gasteiger partial charge in [-0.15, -0.1) is 0 Å². The van der Waals surface area contributed by atoms with E-state index in [9.17, 15) is 9.90 Å². The summed E-state index contributed by atoms with van der Waals surface area (Å²) in [5, 5.41) is 21.1. The van der Waals surface area contributed by atoms with Gasteiger partial charge in [-0.05, 0) is 42.1 Å². The van der Waals surface area contributed by atoms with Gasteiger partial charge in [-0.25, -0.2) is 0 Å². The maximum Gasteiger partial charge on any atom is 1.00 e. The van der Waals surface area contributed by atoms with Gasteiger partial charge in [-0.2, -0.15) is 5.26 Å². The van der Waals surface area contributed by atoms with Crippen molar-refractivity contribution in [2.75, 3.05) is 0 Å². The van der Waals surface area contributed by atoms with Gasteiger partial charge < -0.3 is 9.52 Å². The molecule has 1 heterocycles. The van der Waals surface area contributed by atoms with Crippen molar-refractivity contribution in [1.29, 1.82) is 5.26 Å². The summed E-state index contributed by atoms with van der Waals surface area (Å²) in [5.41, 5.74) is 0.754. The predicted octanol–water partition coefficient (Wildman–Crippen LogP) is -0.591. The molecule has 0 fully saturated rings. The fourth-order valence-corrected chi connectivity index (χ4v) is 2.01. The minimum atomic E-state index is -0.673. The zero-order valence-corrected chi connectivity index (χ0v) is 14.4. The fraction of sp³-hybridized carbons (Fsp3) is 0. The number of hydrogen-bond donors (Lipinski definition) is 0. The van der Waals surface area contributed by atoms with Gasteiger partial charge in [0.05, 0.1) is 17.0 Å². The monoisotopic (exact) mass is 301 g/mol. The minimum Gasteiger partial charge on any atom is -0.867 e. The normalized spacial score (nSPS) is 9.86. The van der Waals surface area contributed by atoms with Crippen molar-refractivity contribution >= 4 is 11.0 Å². The van der Waals surface area contributed by atoms with Gasteiger partial charge in [0.25, 0.3) is 0 Å². The molecule has 3 rings (SSSR count). The van der Waals surface area contributed by atoms with Crippen LogP contribution in [0.4, 0.5) is 0 Å². The largest absolute Gasteiger partial charge is 1.00 e. The third-order valence-corrected chi connectivity index (χ3v) is 3.03. The van der Waals surface area contributed by atoms with Crippen molar-refractivity contribution in [2.45, 2.75) is 0 Å². The average Bonchev–Trinajstić information content (AvgIpc) is 2.51. The summed E-state index contributed by atoms with van der Waals surface area (Å²) in [6.45, 7) is 0. The molecule has 0 amide bonds. The van der Waals surface area contributed by atoms with E-state index >= 15 is 0 Å². The number of nitrogens with zero attached hydrogens (tertiary/aromatic N) is 1. The van der Waals surface area contributed by atoms with Crippen LogP contribution in [-0.2, 0) is 0 Å². The van der Waals surface area contributed by atoms with E-state index in [-0.39, 0.29) is 62.5 Å². The summed E-state index contributed by atoms with van der Waals surface area (Å²) in [4.78, 5) is 12.0. The maximum absolute atomic E-state index is 12.1. The third-order valence-electron chi connectivity index (χ3n) is 3.03. The van der Waals surface area contributed by atoms with Crippen molar-refractivity contribution in [3.63, 3.8) is 0 Å². The first-order valence-corrected chi connectivity index (χ1v) is 5.94. The first kappa shape index (κ1) is 16.0. The van der Waals surface area contributed by atoms with Gasteiger partial charge in [-0.3, -0.25) is 4.79 Å². The van der Waals surface area contributed by atoms with E-state index in [0.717, 1.165) is 0 Å². The standard InChI is InChI=1S/C16H9NO3.K/c17-9-10-5-7-11(8-6-10)16-15(19)14(18)12-3-1-2-4-13(12)20-16;/h1-8,19H;/q;+1/p-1. The molecule has 0 bridgehead atoms. The van der Waals surface area contributed by atoms with Crippen molar-refractivity contribution in [3.05, 3.63) is 64.3 Å². The number of benzene rings is 2.